The molecule has 0 atom stereocenters. The van der Waals surface area contributed by atoms with Crippen LogP contribution in [0.3, 0.4) is 0 Å². The molecule has 1 aliphatic rings. The Bertz CT molecular complexity index is 364. The van der Waals surface area contributed by atoms with Crippen molar-refractivity contribution in [3.8, 4) is 0 Å². The molecule has 0 unspecified atom stereocenters. The van der Waals surface area contributed by atoms with E-state index in [2.05, 4.69) is 4.98 Å². The average Bonchev–Trinajstić information content (AvgIpc) is 2.38. The summed E-state index contributed by atoms with van der Waals surface area (Å²) in [5.74, 6) is 1.64. The fourth-order valence-electron chi connectivity index (χ4n) is 1.93. The first-order valence-electron chi connectivity index (χ1n) is 5.77. The molecule has 0 aliphatic carbocycles. The summed E-state index contributed by atoms with van der Waals surface area (Å²) in [6, 6.07) is 5.91. The van der Waals surface area contributed by atoms with E-state index < -0.39 is 6.09 Å². The molecule has 1 aliphatic heterocycles. The molecule has 1 amide bonds. The number of carbonyl (C=O) groups is 1. The van der Waals surface area contributed by atoms with Crippen LogP contribution in [-0.2, 0) is 0 Å². The minimum Gasteiger partial charge on any atom is -0.465 e. The molecule has 0 spiro atoms. The summed E-state index contributed by atoms with van der Waals surface area (Å²) in [6.45, 7) is 1.34. The van der Waals surface area contributed by atoms with Crippen molar-refractivity contribution >= 4 is 17.9 Å². The van der Waals surface area contributed by atoms with E-state index in [1.165, 1.54) is 4.90 Å². The van der Waals surface area contributed by atoms with Crippen molar-refractivity contribution in [1.29, 1.82) is 0 Å². The molecule has 0 radical (unpaired) electrons. The third kappa shape index (κ3) is 3.63. The monoisotopic (exact) mass is 252 g/mol. The van der Waals surface area contributed by atoms with Crippen molar-refractivity contribution < 1.29 is 9.90 Å². The third-order valence-corrected chi connectivity index (χ3v) is 4.17. The highest BCUT2D eigenvalue weighted by molar-refractivity contribution is 7.99. The molecule has 92 valence electrons. The molecule has 1 aromatic rings. The van der Waals surface area contributed by atoms with Gasteiger partial charge in [-0.15, -0.1) is 11.8 Å². The number of hydrogen-bond donors (Lipinski definition) is 1. The van der Waals surface area contributed by atoms with Gasteiger partial charge < -0.3 is 10.0 Å². The van der Waals surface area contributed by atoms with E-state index in [4.69, 9.17) is 5.11 Å². The molecule has 17 heavy (non-hydrogen) atoms. The third-order valence-electron chi connectivity index (χ3n) is 2.99. The number of thioether (sulfide) groups is 1. The maximum Gasteiger partial charge on any atom is 0.407 e. The smallest absolute Gasteiger partial charge is 0.407 e. The van der Waals surface area contributed by atoms with Gasteiger partial charge >= 0.3 is 6.09 Å². The predicted molar refractivity (Wildman–Crippen MR) is 67.3 cm³/mol. The summed E-state index contributed by atoms with van der Waals surface area (Å²) in [4.78, 5) is 16.5. The first-order chi connectivity index (χ1) is 8.25. The van der Waals surface area contributed by atoms with Crippen LogP contribution in [0, 0.1) is 5.92 Å². The van der Waals surface area contributed by atoms with Crippen LogP contribution in [0.4, 0.5) is 4.79 Å². The summed E-state index contributed by atoms with van der Waals surface area (Å²) < 4.78 is 0. The summed E-state index contributed by atoms with van der Waals surface area (Å²) in [5, 5.41) is 9.89. The topological polar surface area (TPSA) is 53.4 Å². The number of nitrogens with zero attached hydrogens (tertiary/aromatic N) is 2. The molecule has 1 aromatic heterocycles. The van der Waals surface area contributed by atoms with Crippen molar-refractivity contribution in [2.45, 2.75) is 17.9 Å². The number of likely N-dealkylation sites (tertiary alicyclic amines) is 1. The van der Waals surface area contributed by atoms with Crippen molar-refractivity contribution in [2.24, 2.45) is 5.92 Å². The number of piperidine rings is 1. The van der Waals surface area contributed by atoms with E-state index in [0.29, 0.717) is 19.0 Å². The van der Waals surface area contributed by atoms with Gasteiger partial charge in [0.2, 0.25) is 0 Å². The molecule has 1 saturated heterocycles. The van der Waals surface area contributed by atoms with E-state index in [9.17, 15) is 4.79 Å². The van der Waals surface area contributed by atoms with Crippen LogP contribution in [0.2, 0.25) is 0 Å². The highest BCUT2D eigenvalue weighted by atomic mass is 32.2. The molecular weight excluding hydrogens is 236 g/mol. The number of amides is 1. The Kier molecular flexibility index (Phi) is 4.25. The molecule has 4 nitrogen and oxygen atoms in total. The highest BCUT2D eigenvalue weighted by Crippen LogP contribution is 2.25. The fourth-order valence-corrected chi connectivity index (χ4v) is 2.98. The van der Waals surface area contributed by atoms with E-state index in [1.807, 2.05) is 18.2 Å². The van der Waals surface area contributed by atoms with E-state index in [-0.39, 0.29) is 0 Å². The lowest BCUT2D eigenvalue weighted by Crippen LogP contribution is -2.37. The van der Waals surface area contributed by atoms with Crippen LogP contribution < -0.4 is 0 Å². The lowest BCUT2D eigenvalue weighted by Gasteiger charge is -2.29. The van der Waals surface area contributed by atoms with Crippen molar-refractivity contribution in [1.82, 2.24) is 9.88 Å². The van der Waals surface area contributed by atoms with Crippen LogP contribution >= 0.6 is 11.8 Å². The predicted octanol–water partition coefficient (Wildman–Crippen LogP) is 2.56. The number of hydrogen-bond acceptors (Lipinski definition) is 3. The fraction of sp³-hybridized carbons (Fsp3) is 0.500. The number of carboxylic acid groups (broad SMARTS) is 1. The minimum absolute atomic E-state index is 0.609. The molecule has 2 rings (SSSR count). The van der Waals surface area contributed by atoms with Gasteiger partial charge in [0, 0.05) is 25.0 Å². The standard InChI is InChI=1S/C12H16N2O2S/c15-12(16)14-7-4-10(5-8-14)9-17-11-3-1-2-6-13-11/h1-3,6,10H,4-5,7-9H2,(H,15,16). The Morgan fingerprint density at radius 1 is 1.47 bits per heavy atom. The Morgan fingerprint density at radius 2 is 2.24 bits per heavy atom. The highest BCUT2D eigenvalue weighted by Gasteiger charge is 2.22. The van der Waals surface area contributed by atoms with Crippen LogP contribution in [0.5, 0.6) is 0 Å². The summed E-state index contributed by atoms with van der Waals surface area (Å²) in [6.07, 6.45) is 2.94. The first kappa shape index (κ1) is 12.2. The maximum atomic E-state index is 10.8. The largest absolute Gasteiger partial charge is 0.465 e. The minimum atomic E-state index is -0.791. The van der Waals surface area contributed by atoms with Gasteiger partial charge in [0.25, 0.3) is 0 Å². The number of pyridine rings is 1. The van der Waals surface area contributed by atoms with Gasteiger partial charge in [-0.3, -0.25) is 0 Å². The van der Waals surface area contributed by atoms with Crippen molar-refractivity contribution in [3.63, 3.8) is 0 Å². The molecule has 1 N–H and O–H groups in total. The molecule has 0 saturated carbocycles. The molecule has 5 heteroatoms. The second-order valence-electron chi connectivity index (χ2n) is 4.19. The first-order valence-corrected chi connectivity index (χ1v) is 6.76. The molecule has 1 fully saturated rings. The summed E-state index contributed by atoms with van der Waals surface area (Å²) in [5.41, 5.74) is 0. The SMILES string of the molecule is O=C(O)N1CCC(CSc2ccccn2)CC1. The van der Waals surface area contributed by atoms with Crippen molar-refractivity contribution in [2.75, 3.05) is 18.8 Å². The number of rotatable bonds is 3. The number of aromatic nitrogens is 1. The Balaban J connectivity index is 1.74. The summed E-state index contributed by atoms with van der Waals surface area (Å²) >= 11 is 1.76. The Morgan fingerprint density at radius 3 is 2.82 bits per heavy atom. The zero-order valence-electron chi connectivity index (χ0n) is 9.58. The van der Waals surface area contributed by atoms with Gasteiger partial charge in [-0.25, -0.2) is 9.78 Å². The van der Waals surface area contributed by atoms with Gasteiger partial charge in [-0.1, -0.05) is 6.07 Å². The van der Waals surface area contributed by atoms with Gasteiger partial charge in [-0.05, 0) is 30.9 Å². The van der Waals surface area contributed by atoms with Gasteiger partial charge in [-0.2, -0.15) is 0 Å². The van der Waals surface area contributed by atoms with E-state index >= 15 is 0 Å². The van der Waals surface area contributed by atoms with Crippen LogP contribution in [0.1, 0.15) is 12.8 Å². The van der Waals surface area contributed by atoms with Crippen molar-refractivity contribution in [3.05, 3.63) is 24.4 Å². The Labute approximate surface area is 105 Å². The van der Waals surface area contributed by atoms with Crippen LogP contribution in [-0.4, -0.2) is 39.9 Å². The summed E-state index contributed by atoms with van der Waals surface area (Å²) in [7, 11) is 0. The van der Waals surface area contributed by atoms with Gasteiger partial charge in [0.15, 0.2) is 0 Å². The lowest BCUT2D eigenvalue weighted by atomic mass is 9.99. The molecule has 0 aromatic carbocycles. The average molecular weight is 252 g/mol. The lowest BCUT2D eigenvalue weighted by molar-refractivity contribution is 0.127. The Hall–Kier alpha value is -1.23. The molecule has 2 heterocycles. The molecule has 0 bridgehead atoms. The maximum absolute atomic E-state index is 10.8. The zero-order chi connectivity index (χ0) is 12.1. The van der Waals surface area contributed by atoms with Gasteiger partial charge in [0.1, 0.15) is 0 Å². The van der Waals surface area contributed by atoms with Gasteiger partial charge in [0.05, 0.1) is 5.03 Å². The second-order valence-corrected chi connectivity index (χ2v) is 5.23. The second kappa shape index (κ2) is 5.91. The van der Waals surface area contributed by atoms with E-state index in [0.717, 1.165) is 23.6 Å². The zero-order valence-corrected chi connectivity index (χ0v) is 10.4. The normalized spacial score (nSPS) is 17.1. The van der Waals surface area contributed by atoms with E-state index in [1.54, 1.807) is 18.0 Å². The quantitative estimate of drug-likeness (QED) is 0.840. The van der Waals surface area contributed by atoms with Crippen LogP contribution in [0.15, 0.2) is 29.4 Å². The van der Waals surface area contributed by atoms with Crippen LogP contribution in [0.25, 0.3) is 0 Å². The molecular formula is C12H16N2O2S.